The largest absolute Gasteiger partial charge is 0.339 e. The molecule has 6 rings (SSSR count). The molecule has 0 aromatic carbocycles. The molecule has 1 fully saturated rings. The number of anilines is 2. The van der Waals surface area contributed by atoms with Crippen LogP contribution in [0.15, 0.2) is 61.3 Å². The zero-order valence-electron chi connectivity index (χ0n) is 18.1. The summed E-state index contributed by atoms with van der Waals surface area (Å²) in [6.07, 6.45) is 15.2. The van der Waals surface area contributed by atoms with Gasteiger partial charge in [0, 0.05) is 57.0 Å². The molecule has 1 aliphatic heterocycles. The Morgan fingerprint density at radius 1 is 1.06 bits per heavy atom. The monoisotopic (exact) mass is 439 g/mol. The van der Waals surface area contributed by atoms with Gasteiger partial charge in [0.25, 0.3) is 5.91 Å². The number of aromatic nitrogens is 5. The maximum atomic E-state index is 13.1. The van der Waals surface area contributed by atoms with E-state index < -0.39 is 0 Å². The Labute approximate surface area is 192 Å². The molecule has 1 aliphatic carbocycles. The molecule has 1 N–H and O–H groups in total. The lowest BCUT2D eigenvalue weighted by atomic mass is 10.0. The first-order chi connectivity index (χ1) is 16.3. The van der Waals surface area contributed by atoms with Crippen LogP contribution >= 0.6 is 0 Å². The van der Waals surface area contributed by atoms with Gasteiger partial charge >= 0.3 is 0 Å². The van der Waals surface area contributed by atoms with Crippen molar-refractivity contribution in [3.63, 3.8) is 0 Å². The summed E-state index contributed by atoms with van der Waals surface area (Å²) in [6, 6.07) is 7.83. The minimum atomic E-state index is 0. The molecule has 166 valence electrons. The van der Waals surface area contributed by atoms with Crippen LogP contribution in [0.25, 0.3) is 11.1 Å². The minimum Gasteiger partial charge on any atom is -0.339 e. The van der Waals surface area contributed by atoms with E-state index in [9.17, 15) is 4.79 Å². The lowest BCUT2D eigenvalue weighted by Gasteiger charge is -2.26. The normalized spacial score (nSPS) is 15.4. The number of likely N-dealkylation sites (tertiary alicyclic amines) is 1. The van der Waals surface area contributed by atoms with Crippen molar-refractivity contribution in [2.24, 2.45) is 0 Å². The average molecular weight is 440 g/mol. The molecule has 8 nitrogen and oxygen atoms in total. The van der Waals surface area contributed by atoms with E-state index >= 15 is 0 Å². The Balaban J connectivity index is 0.00000241. The van der Waals surface area contributed by atoms with Crippen molar-refractivity contribution < 1.29 is 6.22 Å². The van der Waals surface area contributed by atoms with Crippen LogP contribution in [0.1, 0.15) is 47.9 Å². The van der Waals surface area contributed by atoms with E-state index in [4.69, 9.17) is 4.98 Å². The van der Waals surface area contributed by atoms with Crippen molar-refractivity contribution in [3.05, 3.63) is 83.7 Å². The number of nitrogens with zero attached hydrogens (tertiary/aromatic N) is 6. The number of pyridine rings is 2. The van der Waals surface area contributed by atoms with Gasteiger partial charge in [-0.15, -0.1) is 0 Å². The van der Waals surface area contributed by atoms with Crippen LogP contribution in [-0.2, 0) is 6.42 Å². The highest BCUT2D eigenvalue weighted by Gasteiger charge is 2.23. The van der Waals surface area contributed by atoms with E-state index in [1.165, 1.54) is 6.42 Å². The second-order valence-corrected chi connectivity index (χ2v) is 8.39. The number of allylic oxidation sites excluding steroid dienone is 1. The Morgan fingerprint density at radius 3 is 2.76 bits per heavy atom. The smallest absolute Gasteiger partial charge is 0.257 e. The van der Waals surface area contributed by atoms with Crippen molar-refractivity contribution in [2.45, 2.75) is 25.7 Å². The van der Waals surface area contributed by atoms with Gasteiger partial charge in [0.05, 0.1) is 23.0 Å². The second-order valence-electron chi connectivity index (χ2n) is 8.39. The number of rotatable bonds is 4. The van der Waals surface area contributed by atoms with Gasteiger partial charge in [0.2, 0.25) is 5.95 Å². The summed E-state index contributed by atoms with van der Waals surface area (Å²) >= 11 is 0. The van der Waals surface area contributed by atoms with Gasteiger partial charge in [-0.1, -0.05) is 6.08 Å². The third kappa shape index (κ3) is 3.63. The number of piperidine rings is 1. The van der Waals surface area contributed by atoms with E-state index in [2.05, 4.69) is 26.5 Å². The molecule has 2 aliphatic rings. The van der Waals surface area contributed by atoms with Crippen molar-refractivity contribution in [2.75, 3.05) is 18.4 Å². The molecule has 4 aromatic rings. The van der Waals surface area contributed by atoms with E-state index in [1.807, 2.05) is 41.6 Å². The second kappa shape index (κ2) is 8.12. The van der Waals surface area contributed by atoms with Crippen molar-refractivity contribution in [3.8, 4) is 0 Å². The van der Waals surface area contributed by atoms with E-state index in [-0.39, 0.29) is 7.33 Å². The maximum absolute atomic E-state index is 13.1. The lowest BCUT2D eigenvalue weighted by molar-refractivity contribution is 0.0726. The summed E-state index contributed by atoms with van der Waals surface area (Å²) < 4.78 is 1.77. The van der Waals surface area contributed by atoms with Gasteiger partial charge in [0.1, 0.15) is 0 Å². The number of fused-ring (bicyclic) bond motifs is 2. The molecule has 0 radical (unpaired) electrons. The number of carbonyl (C=O) groups is 1. The van der Waals surface area contributed by atoms with E-state index in [1.54, 1.807) is 23.1 Å². The highest BCUT2D eigenvalue weighted by atomic mass is 16.2. The van der Waals surface area contributed by atoms with Gasteiger partial charge in [0.15, 0.2) is 0 Å². The predicted molar refractivity (Wildman–Crippen MR) is 127 cm³/mol. The van der Waals surface area contributed by atoms with Gasteiger partial charge in [-0.3, -0.25) is 9.78 Å². The number of amides is 1. The number of carbonyl (C=O) groups excluding carboxylic acids is 1. The summed E-state index contributed by atoms with van der Waals surface area (Å²) in [4.78, 5) is 28.3. The zero-order valence-corrected chi connectivity index (χ0v) is 18.1. The number of hydrogen-bond donors (Lipinski definition) is 1. The molecule has 8 heteroatoms. The van der Waals surface area contributed by atoms with Crippen LogP contribution in [0.3, 0.4) is 0 Å². The molecular weight excluding hydrogens is 414 g/mol. The van der Waals surface area contributed by atoms with Crippen LogP contribution in [0.2, 0.25) is 0 Å². The molecule has 0 spiro atoms. The fourth-order valence-electron chi connectivity index (χ4n) is 4.58. The van der Waals surface area contributed by atoms with Crippen LogP contribution in [0.4, 0.5) is 11.6 Å². The van der Waals surface area contributed by atoms with Crippen molar-refractivity contribution in [1.29, 1.82) is 0 Å². The molecular formula is C25H25N7O. The molecule has 0 bridgehead atoms. The van der Waals surface area contributed by atoms with Crippen LogP contribution in [0.5, 0.6) is 0 Å². The summed E-state index contributed by atoms with van der Waals surface area (Å²) in [5.41, 5.74) is 6.50. The average Bonchev–Trinajstić information content (AvgIpc) is 3.48. The fraction of sp³-hybridized carbons (Fsp3) is 0.240. The third-order valence-corrected chi connectivity index (χ3v) is 6.30. The Kier molecular flexibility index (Phi) is 4.83. The van der Waals surface area contributed by atoms with Crippen LogP contribution < -0.4 is 5.32 Å². The fourth-order valence-corrected chi connectivity index (χ4v) is 4.58. The quantitative estimate of drug-likeness (QED) is 0.515. The van der Waals surface area contributed by atoms with Gasteiger partial charge in [-0.25, -0.2) is 14.5 Å². The van der Waals surface area contributed by atoms with Gasteiger partial charge in [-0.05, 0) is 54.7 Å². The first-order valence-electron chi connectivity index (χ1n) is 11.3. The van der Waals surface area contributed by atoms with Crippen LogP contribution in [-0.4, -0.2) is 48.5 Å². The van der Waals surface area contributed by atoms with Crippen molar-refractivity contribution in [1.82, 2.24) is 29.5 Å². The highest BCUT2D eigenvalue weighted by Crippen LogP contribution is 2.33. The summed E-state index contributed by atoms with van der Waals surface area (Å²) in [7, 11) is 0. The molecule has 0 atom stereocenters. The van der Waals surface area contributed by atoms with Crippen LogP contribution in [0, 0.1) is 0 Å². The number of nitrogens with one attached hydrogen (secondary N) is 1. The minimum absolute atomic E-state index is 0. The molecule has 5 heterocycles. The summed E-state index contributed by atoms with van der Waals surface area (Å²) in [6.45, 7) is 1.64. The Hall–Kier alpha value is -4.07. The maximum Gasteiger partial charge on any atom is 0.257 e. The molecule has 0 saturated carbocycles. The first-order valence-corrected chi connectivity index (χ1v) is 11.3. The Bertz CT molecular complexity index is 1380. The van der Waals surface area contributed by atoms with E-state index in [0.717, 1.165) is 66.0 Å². The molecule has 0 unspecified atom stereocenters. The highest BCUT2D eigenvalue weighted by molar-refractivity contribution is 6.01. The lowest BCUT2D eigenvalue weighted by Crippen LogP contribution is -2.35. The molecule has 4 aromatic heterocycles. The van der Waals surface area contributed by atoms with Gasteiger partial charge < -0.3 is 10.2 Å². The first kappa shape index (κ1) is 19.6. The molecule has 1 amide bonds. The third-order valence-electron chi connectivity index (χ3n) is 6.30. The van der Waals surface area contributed by atoms with Gasteiger partial charge in [-0.2, -0.15) is 5.10 Å². The molecule has 1 saturated heterocycles. The standard InChI is InChI=1S/C25H23N7O.H2/c33-24(31-11-2-1-3-12-31)21-16-28-32-13-8-17(14-23(21)32)19-4-5-22-20(19)15-27-25(30-22)29-18-6-9-26-10-7-18;/h4,6-10,13-16H,1-3,5,11-12H2,(H,26,27,29,30);1H. The zero-order chi connectivity index (χ0) is 22.2. The van der Waals surface area contributed by atoms with Crippen molar-refractivity contribution >= 4 is 28.6 Å². The summed E-state index contributed by atoms with van der Waals surface area (Å²) in [5, 5.41) is 7.63. The SMILES string of the molecule is O=C(c1cnn2ccc(C3=CCc4nc(Nc5ccncc5)ncc43)cc12)N1CCCCC1.[HH]. The predicted octanol–water partition coefficient (Wildman–Crippen LogP) is 4.12. The Morgan fingerprint density at radius 2 is 1.91 bits per heavy atom. The summed E-state index contributed by atoms with van der Waals surface area (Å²) in [5.74, 6) is 0.632. The number of hydrogen-bond acceptors (Lipinski definition) is 6. The molecule has 33 heavy (non-hydrogen) atoms. The topological polar surface area (TPSA) is 88.3 Å². The van der Waals surface area contributed by atoms with E-state index in [0.29, 0.717) is 11.5 Å².